The average molecular weight is 134 g/mol. The number of likely N-dealkylation sites (N-methyl/N-ethyl adjacent to an activating group) is 1. The molecule has 0 unspecified atom stereocenters. The quantitative estimate of drug-likeness (QED) is 0.330. The van der Waals surface area contributed by atoms with Gasteiger partial charge < -0.3 is 15.7 Å². The second-order valence-corrected chi connectivity index (χ2v) is 1.23. The zero-order chi connectivity index (χ0) is 9.94. The van der Waals surface area contributed by atoms with Gasteiger partial charge in [0.2, 0.25) is 0 Å². The fourth-order valence-electron chi connectivity index (χ4n) is 0.176. The smallest absolute Gasteiger partial charge is 0.323 e. The molecule has 52 valence electrons. The molecule has 0 heterocycles. The zero-order valence-corrected chi connectivity index (χ0v) is 4.59. The van der Waals surface area contributed by atoms with Crippen LogP contribution in [0.4, 0.5) is 0 Å². The number of carbonyl (C=O) groups is 1. The molecule has 5 heteroatoms. The van der Waals surface area contributed by atoms with Crippen LogP contribution in [-0.2, 0) is 4.79 Å². The summed E-state index contributed by atoms with van der Waals surface area (Å²) in [6, 6.07) is 0. The predicted octanol–water partition coefficient (Wildman–Crippen LogP) is -1.10. The largest absolute Gasteiger partial charge is 0.480 e. The van der Waals surface area contributed by atoms with Gasteiger partial charge >= 0.3 is 5.97 Å². The molecular weight excluding hydrogens is 122 g/mol. The summed E-state index contributed by atoms with van der Waals surface area (Å²) in [4.78, 5) is 10.6. The highest BCUT2D eigenvalue weighted by atomic mass is 16.4. The van der Waals surface area contributed by atoms with Crippen molar-refractivity contribution < 1.29 is 14.0 Å². The minimum absolute atomic E-state index is 0.315. The van der Waals surface area contributed by atoms with E-state index in [0.717, 1.165) is 0 Å². The number of rotatable bonds is 2. The molecule has 0 fully saturated rings. The minimum atomic E-state index is -2.80. The highest BCUT2D eigenvalue weighted by Crippen LogP contribution is 1.76. The Kier molecular flexibility index (Phi) is 1.20. The molecule has 0 aliphatic rings. The Hall–Kier alpha value is -1.26. The summed E-state index contributed by atoms with van der Waals surface area (Å²) in [5.74, 6) is -2.55. The van der Waals surface area contributed by atoms with Crippen molar-refractivity contribution in [3.63, 3.8) is 0 Å². The normalized spacial score (nSPS) is 14.9. The van der Waals surface area contributed by atoms with E-state index >= 15 is 0 Å². The first kappa shape index (κ1) is 3.71. The molecule has 0 radical (unpaired) electrons. The number of aliphatic carboxylic acids is 1. The number of carboxylic acids is 1. The van der Waals surface area contributed by atoms with Gasteiger partial charge in [-0.1, -0.05) is 0 Å². The van der Waals surface area contributed by atoms with E-state index < -0.39 is 25.4 Å². The first-order valence-electron chi connectivity index (χ1n) is 3.69. The van der Waals surface area contributed by atoms with E-state index in [1.54, 1.807) is 0 Å². The van der Waals surface area contributed by atoms with E-state index in [0.29, 0.717) is 4.90 Å². The number of guanidine groups is 1. The van der Waals surface area contributed by atoms with E-state index in [1.165, 1.54) is 0 Å². The Morgan fingerprint density at radius 2 is 2.78 bits per heavy atom. The van der Waals surface area contributed by atoms with E-state index in [-0.39, 0.29) is 0 Å². The molecule has 0 saturated carbocycles. The van der Waals surface area contributed by atoms with Crippen molar-refractivity contribution in [2.75, 3.05) is 13.5 Å². The molecule has 0 aromatic rings. The molecule has 0 spiro atoms. The SMILES string of the molecule is [2H]CN(C(=N)N)C([2H])([2H])C(=O)O. The minimum Gasteiger partial charge on any atom is -0.480 e. The van der Waals surface area contributed by atoms with Crippen LogP contribution < -0.4 is 5.73 Å². The molecule has 0 saturated heterocycles. The van der Waals surface area contributed by atoms with Crippen LogP contribution in [0, 0.1) is 5.41 Å². The van der Waals surface area contributed by atoms with Gasteiger partial charge in [0, 0.05) is 8.39 Å². The summed E-state index contributed by atoms with van der Waals surface area (Å²) in [7, 11) is -0.714. The fourth-order valence-corrected chi connectivity index (χ4v) is 0.176. The Morgan fingerprint density at radius 1 is 2.22 bits per heavy atom. The van der Waals surface area contributed by atoms with Crippen molar-refractivity contribution in [1.29, 1.82) is 5.41 Å². The van der Waals surface area contributed by atoms with Gasteiger partial charge in [0.05, 0.1) is 2.74 Å². The van der Waals surface area contributed by atoms with Crippen LogP contribution in [0.2, 0.25) is 0 Å². The second-order valence-electron chi connectivity index (χ2n) is 1.23. The van der Waals surface area contributed by atoms with Crippen molar-refractivity contribution in [2.24, 2.45) is 5.73 Å². The molecule has 0 aromatic carbocycles. The molecule has 0 aromatic heterocycles. The third-order valence-electron chi connectivity index (χ3n) is 0.521. The lowest BCUT2D eigenvalue weighted by Gasteiger charge is -2.12. The maximum Gasteiger partial charge on any atom is 0.323 e. The highest BCUT2D eigenvalue weighted by Gasteiger charge is 2.03. The van der Waals surface area contributed by atoms with Crippen LogP contribution in [0.5, 0.6) is 0 Å². The summed E-state index contributed by atoms with van der Waals surface area (Å²) in [6.45, 7) is -2.80. The van der Waals surface area contributed by atoms with Gasteiger partial charge in [0.15, 0.2) is 5.96 Å². The highest BCUT2D eigenvalue weighted by molar-refractivity contribution is 5.79. The molecule has 9 heavy (non-hydrogen) atoms. The lowest BCUT2D eigenvalue weighted by atomic mass is 10.6. The Morgan fingerprint density at radius 3 is 2.89 bits per heavy atom. The van der Waals surface area contributed by atoms with Crippen molar-refractivity contribution in [3.05, 3.63) is 0 Å². The van der Waals surface area contributed by atoms with E-state index in [4.69, 9.17) is 20.4 Å². The van der Waals surface area contributed by atoms with Crippen LogP contribution >= 0.6 is 0 Å². The van der Waals surface area contributed by atoms with Gasteiger partial charge in [0.25, 0.3) is 0 Å². The van der Waals surface area contributed by atoms with Crippen LogP contribution in [0.1, 0.15) is 4.11 Å². The Bertz CT molecular complexity index is 208. The van der Waals surface area contributed by atoms with Gasteiger partial charge in [-0.25, -0.2) is 0 Å². The molecular formula is C4H9N3O2. The van der Waals surface area contributed by atoms with Crippen molar-refractivity contribution in [2.45, 2.75) is 0 Å². The molecule has 0 atom stereocenters. The number of hydrogen-bond acceptors (Lipinski definition) is 2. The maximum absolute atomic E-state index is 10.3. The lowest BCUT2D eigenvalue weighted by Crippen LogP contribution is -2.36. The number of hydrogen-bond donors (Lipinski definition) is 3. The van der Waals surface area contributed by atoms with Gasteiger partial charge in [0.1, 0.15) is 6.50 Å². The van der Waals surface area contributed by atoms with Crippen molar-refractivity contribution in [1.82, 2.24) is 4.90 Å². The average Bonchev–Trinajstić information content (AvgIpc) is 1.86. The summed E-state index contributed by atoms with van der Waals surface area (Å²) in [5, 5.41) is 15.1. The number of nitrogens with zero attached hydrogens (tertiary/aromatic N) is 1. The molecule has 0 bridgehead atoms. The van der Waals surface area contributed by atoms with Crippen molar-refractivity contribution in [3.8, 4) is 0 Å². The first-order chi connectivity index (χ1) is 5.34. The standard InChI is InChI=1S/C4H9N3O2/c1-7(4(5)6)2-3(8)9/h2H2,1H3,(H3,5,6)(H,8,9)/i1D,2D2. The topological polar surface area (TPSA) is 90.4 Å². The maximum atomic E-state index is 10.3. The lowest BCUT2D eigenvalue weighted by molar-refractivity contribution is -0.137. The fraction of sp³-hybridized carbons (Fsp3) is 0.500. The summed E-state index contributed by atoms with van der Waals surface area (Å²) < 4.78 is 20.6. The van der Waals surface area contributed by atoms with E-state index in [1.807, 2.05) is 0 Å². The zero-order valence-electron chi connectivity index (χ0n) is 7.59. The molecule has 5 nitrogen and oxygen atoms in total. The number of carboxylic acid groups (broad SMARTS) is 1. The van der Waals surface area contributed by atoms with Crippen LogP contribution in [-0.4, -0.2) is 35.5 Å². The molecule has 4 N–H and O–H groups in total. The summed E-state index contributed by atoms with van der Waals surface area (Å²) >= 11 is 0. The molecule has 0 aliphatic heterocycles. The van der Waals surface area contributed by atoms with E-state index in [2.05, 4.69) is 0 Å². The molecule has 0 rings (SSSR count). The number of nitrogens with one attached hydrogen (secondary N) is 1. The third-order valence-corrected chi connectivity index (χ3v) is 0.521. The van der Waals surface area contributed by atoms with Gasteiger partial charge in [-0.05, 0) is 0 Å². The Labute approximate surface area is 56.8 Å². The first-order valence-corrected chi connectivity index (χ1v) is 1.98. The monoisotopic (exact) mass is 134 g/mol. The summed E-state index contributed by atoms with van der Waals surface area (Å²) in [6.07, 6.45) is 0. The van der Waals surface area contributed by atoms with Crippen LogP contribution in [0.25, 0.3) is 0 Å². The third kappa shape index (κ3) is 3.33. The van der Waals surface area contributed by atoms with Gasteiger partial charge in [-0.2, -0.15) is 0 Å². The van der Waals surface area contributed by atoms with Crippen LogP contribution in [0.15, 0.2) is 0 Å². The van der Waals surface area contributed by atoms with Crippen molar-refractivity contribution >= 4 is 11.9 Å². The Balaban J connectivity index is 4.71. The van der Waals surface area contributed by atoms with Gasteiger partial charge in [-0.3, -0.25) is 10.2 Å². The number of nitrogens with two attached hydrogens (primary N) is 1. The summed E-state index contributed by atoms with van der Waals surface area (Å²) in [5.41, 5.74) is 4.86. The van der Waals surface area contributed by atoms with E-state index in [9.17, 15) is 4.79 Å². The predicted molar refractivity (Wildman–Crippen MR) is 32.2 cm³/mol. The van der Waals surface area contributed by atoms with Crippen LogP contribution in [0.3, 0.4) is 0 Å². The molecule has 0 aliphatic carbocycles. The second kappa shape index (κ2) is 2.91. The van der Waals surface area contributed by atoms with Gasteiger partial charge in [-0.15, -0.1) is 0 Å². The molecule has 0 amide bonds.